The van der Waals surface area contributed by atoms with E-state index in [9.17, 15) is 0 Å². The lowest BCUT2D eigenvalue weighted by molar-refractivity contribution is 0.0950. The molecule has 2 aliphatic rings. The van der Waals surface area contributed by atoms with Crippen LogP contribution in [0.3, 0.4) is 0 Å². The molecule has 1 aromatic rings. The molecule has 1 aromatic carbocycles. The molecule has 1 saturated heterocycles. The summed E-state index contributed by atoms with van der Waals surface area (Å²) in [6, 6.07) is 10.1. The zero-order chi connectivity index (χ0) is 14.4. The van der Waals surface area contributed by atoms with Crippen LogP contribution in [0.4, 0.5) is 0 Å². The number of rotatable bonds is 5. The lowest BCUT2D eigenvalue weighted by Crippen LogP contribution is -2.61. The quantitative estimate of drug-likeness (QED) is 0.843. The molecule has 116 valence electrons. The zero-order valence-corrected chi connectivity index (χ0v) is 13.0. The second kappa shape index (κ2) is 7.28. The van der Waals surface area contributed by atoms with E-state index in [0.717, 1.165) is 31.9 Å². The van der Waals surface area contributed by atoms with Crippen molar-refractivity contribution in [1.29, 1.82) is 0 Å². The van der Waals surface area contributed by atoms with Crippen molar-refractivity contribution in [2.75, 3.05) is 32.8 Å². The van der Waals surface area contributed by atoms with Gasteiger partial charge in [0.15, 0.2) is 0 Å². The van der Waals surface area contributed by atoms with Crippen LogP contribution in [0.5, 0.6) is 5.75 Å². The monoisotopic (exact) mass is 288 g/mol. The van der Waals surface area contributed by atoms with Gasteiger partial charge in [-0.15, -0.1) is 0 Å². The van der Waals surface area contributed by atoms with Gasteiger partial charge in [0, 0.05) is 31.7 Å². The van der Waals surface area contributed by atoms with Crippen molar-refractivity contribution in [2.24, 2.45) is 0 Å². The van der Waals surface area contributed by atoms with Crippen LogP contribution in [0, 0.1) is 0 Å². The summed E-state index contributed by atoms with van der Waals surface area (Å²) in [5, 5.41) is 3.81. The summed E-state index contributed by atoms with van der Waals surface area (Å²) in [4.78, 5) is 2.64. The fourth-order valence-electron chi connectivity index (χ4n) is 3.79. The molecule has 0 unspecified atom stereocenters. The fraction of sp³-hybridized carbons (Fsp3) is 0.667. The van der Waals surface area contributed by atoms with Crippen LogP contribution in [0.25, 0.3) is 0 Å². The van der Waals surface area contributed by atoms with Gasteiger partial charge in [-0.3, -0.25) is 0 Å². The van der Waals surface area contributed by atoms with Crippen LogP contribution in [0.1, 0.15) is 38.5 Å². The van der Waals surface area contributed by atoms with E-state index in [1.807, 2.05) is 30.3 Å². The summed E-state index contributed by atoms with van der Waals surface area (Å²) in [6.45, 7) is 5.56. The number of ether oxygens (including phenoxy) is 1. The number of benzene rings is 1. The van der Waals surface area contributed by atoms with E-state index in [0.29, 0.717) is 5.54 Å². The zero-order valence-electron chi connectivity index (χ0n) is 13.0. The van der Waals surface area contributed by atoms with Gasteiger partial charge in [-0.25, -0.2) is 0 Å². The maximum Gasteiger partial charge on any atom is 0.119 e. The van der Waals surface area contributed by atoms with Gasteiger partial charge in [0.2, 0.25) is 0 Å². The second-order valence-corrected chi connectivity index (χ2v) is 6.56. The van der Waals surface area contributed by atoms with Gasteiger partial charge in [-0.05, 0) is 31.4 Å². The van der Waals surface area contributed by atoms with Crippen LogP contribution < -0.4 is 10.1 Å². The summed E-state index contributed by atoms with van der Waals surface area (Å²) in [5.74, 6) is 0.988. The Morgan fingerprint density at radius 3 is 2.71 bits per heavy atom. The molecule has 0 aromatic heterocycles. The molecule has 3 rings (SSSR count). The summed E-state index contributed by atoms with van der Waals surface area (Å²) in [7, 11) is 0. The molecule has 0 radical (unpaired) electrons. The molecule has 1 aliphatic carbocycles. The molecule has 2 fully saturated rings. The number of nitrogens with one attached hydrogen (secondary N) is 1. The average molecular weight is 288 g/mol. The molecule has 3 heteroatoms. The van der Waals surface area contributed by atoms with Gasteiger partial charge in [0.25, 0.3) is 0 Å². The van der Waals surface area contributed by atoms with Crippen molar-refractivity contribution in [2.45, 2.75) is 44.1 Å². The normalized spacial score (nSPS) is 22.3. The largest absolute Gasteiger partial charge is 0.494 e. The van der Waals surface area contributed by atoms with E-state index >= 15 is 0 Å². The SMILES string of the molecule is c1ccc(OCCCN2CCNC3(CCCCC3)C2)cc1. The Labute approximate surface area is 128 Å². The highest BCUT2D eigenvalue weighted by Gasteiger charge is 2.35. The first-order valence-corrected chi connectivity index (χ1v) is 8.52. The van der Waals surface area contributed by atoms with E-state index < -0.39 is 0 Å². The first-order valence-electron chi connectivity index (χ1n) is 8.52. The minimum Gasteiger partial charge on any atom is -0.494 e. The van der Waals surface area contributed by atoms with Crippen molar-refractivity contribution < 1.29 is 4.74 Å². The van der Waals surface area contributed by atoms with E-state index in [1.165, 1.54) is 45.2 Å². The highest BCUT2D eigenvalue weighted by molar-refractivity contribution is 5.20. The summed E-state index contributed by atoms with van der Waals surface area (Å²) in [6.07, 6.45) is 8.07. The Kier molecular flexibility index (Phi) is 5.15. The number of hydrogen-bond donors (Lipinski definition) is 1. The predicted molar refractivity (Wildman–Crippen MR) is 86.8 cm³/mol. The van der Waals surface area contributed by atoms with Crippen molar-refractivity contribution >= 4 is 0 Å². The van der Waals surface area contributed by atoms with Crippen LogP contribution in [-0.4, -0.2) is 43.2 Å². The van der Waals surface area contributed by atoms with Crippen molar-refractivity contribution in [3.63, 3.8) is 0 Å². The topological polar surface area (TPSA) is 24.5 Å². The predicted octanol–water partition coefficient (Wildman–Crippen LogP) is 3.06. The molecule has 0 amide bonds. The molecular formula is C18H28N2O. The lowest BCUT2D eigenvalue weighted by atomic mass is 9.80. The van der Waals surface area contributed by atoms with E-state index in [-0.39, 0.29) is 0 Å². The Morgan fingerprint density at radius 1 is 1.10 bits per heavy atom. The smallest absolute Gasteiger partial charge is 0.119 e. The van der Waals surface area contributed by atoms with Gasteiger partial charge in [0.1, 0.15) is 5.75 Å². The molecule has 0 atom stereocenters. The minimum atomic E-state index is 0.427. The van der Waals surface area contributed by atoms with Gasteiger partial charge in [-0.1, -0.05) is 37.5 Å². The van der Waals surface area contributed by atoms with Crippen LogP contribution in [0.15, 0.2) is 30.3 Å². The van der Waals surface area contributed by atoms with Crippen LogP contribution in [-0.2, 0) is 0 Å². The van der Waals surface area contributed by atoms with Crippen LogP contribution in [0.2, 0.25) is 0 Å². The van der Waals surface area contributed by atoms with Crippen molar-refractivity contribution in [3.05, 3.63) is 30.3 Å². The Hall–Kier alpha value is -1.06. The van der Waals surface area contributed by atoms with Gasteiger partial charge >= 0.3 is 0 Å². The van der Waals surface area contributed by atoms with Gasteiger partial charge in [0.05, 0.1) is 6.61 Å². The molecule has 1 heterocycles. The number of para-hydroxylation sites is 1. The molecule has 1 N–H and O–H groups in total. The number of hydrogen-bond acceptors (Lipinski definition) is 3. The molecule has 1 saturated carbocycles. The lowest BCUT2D eigenvalue weighted by Gasteiger charge is -2.46. The summed E-state index contributed by atoms with van der Waals surface area (Å²) < 4.78 is 5.79. The third-order valence-corrected chi connectivity index (χ3v) is 4.90. The Balaban J connectivity index is 1.39. The number of nitrogens with zero attached hydrogens (tertiary/aromatic N) is 1. The van der Waals surface area contributed by atoms with Gasteiger partial charge in [-0.2, -0.15) is 0 Å². The van der Waals surface area contributed by atoms with E-state index in [2.05, 4.69) is 10.2 Å². The molecule has 3 nitrogen and oxygen atoms in total. The number of piperazine rings is 1. The Bertz CT molecular complexity index is 409. The summed E-state index contributed by atoms with van der Waals surface area (Å²) >= 11 is 0. The van der Waals surface area contributed by atoms with Gasteiger partial charge < -0.3 is 15.0 Å². The highest BCUT2D eigenvalue weighted by Crippen LogP contribution is 2.30. The third kappa shape index (κ3) is 4.21. The average Bonchev–Trinajstić information content (AvgIpc) is 2.54. The minimum absolute atomic E-state index is 0.427. The molecule has 0 bridgehead atoms. The second-order valence-electron chi connectivity index (χ2n) is 6.56. The molecular weight excluding hydrogens is 260 g/mol. The molecule has 1 spiro atoms. The van der Waals surface area contributed by atoms with Crippen LogP contribution >= 0.6 is 0 Å². The highest BCUT2D eigenvalue weighted by atomic mass is 16.5. The Morgan fingerprint density at radius 2 is 1.90 bits per heavy atom. The van der Waals surface area contributed by atoms with E-state index in [1.54, 1.807) is 0 Å². The maximum absolute atomic E-state index is 5.79. The standard InChI is InChI=1S/C18H28N2O/c1-3-8-17(9-4-1)21-15-7-13-20-14-12-19-18(16-20)10-5-2-6-11-18/h1,3-4,8-9,19H,2,5-7,10-16H2. The third-order valence-electron chi connectivity index (χ3n) is 4.90. The summed E-state index contributed by atoms with van der Waals surface area (Å²) in [5.41, 5.74) is 0.427. The molecule has 21 heavy (non-hydrogen) atoms. The first kappa shape index (κ1) is 14.9. The van der Waals surface area contributed by atoms with Crippen molar-refractivity contribution in [3.8, 4) is 5.75 Å². The molecule has 1 aliphatic heterocycles. The van der Waals surface area contributed by atoms with E-state index in [4.69, 9.17) is 4.74 Å². The van der Waals surface area contributed by atoms with Crippen molar-refractivity contribution in [1.82, 2.24) is 10.2 Å². The first-order chi connectivity index (χ1) is 10.4. The maximum atomic E-state index is 5.79. The fourth-order valence-corrected chi connectivity index (χ4v) is 3.79.